The molecule has 0 spiro atoms. The molecule has 0 heterocycles. The maximum atomic E-state index is 13.6. The van der Waals surface area contributed by atoms with Crippen LogP contribution in [0.3, 0.4) is 0 Å². The number of nitrogens with one attached hydrogen (secondary N) is 1. The van der Waals surface area contributed by atoms with Crippen LogP contribution in [0.15, 0.2) is 12.1 Å². The van der Waals surface area contributed by atoms with Gasteiger partial charge in [-0.3, -0.25) is 10.1 Å². The number of hydrogen-bond acceptors (Lipinski definition) is 4. The molecular formula is C12H13FN2O4. The zero-order valence-corrected chi connectivity index (χ0v) is 10.2. The van der Waals surface area contributed by atoms with Gasteiger partial charge in [0.2, 0.25) is 0 Å². The van der Waals surface area contributed by atoms with E-state index in [9.17, 15) is 19.3 Å². The van der Waals surface area contributed by atoms with Gasteiger partial charge in [-0.05, 0) is 12.3 Å². The van der Waals surface area contributed by atoms with E-state index >= 15 is 0 Å². The average molecular weight is 268 g/mol. The highest BCUT2D eigenvalue weighted by Gasteiger charge is 2.36. The Kier molecular flexibility index (Phi) is 3.37. The molecule has 1 aromatic rings. The Morgan fingerprint density at radius 1 is 1.63 bits per heavy atom. The van der Waals surface area contributed by atoms with Crippen molar-refractivity contribution < 1.29 is 19.2 Å². The van der Waals surface area contributed by atoms with Crippen molar-refractivity contribution in [2.75, 3.05) is 5.32 Å². The van der Waals surface area contributed by atoms with E-state index in [2.05, 4.69) is 5.32 Å². The van der Waals surface area contributed by atoms with E-state index in [1.54, 1.807) is 0 Å². The molecule has 0 aliphatic heterocycles. The Labute approximate surface area is 108 Å². The van der Waals surface area contributed by atoms with Gasteiger partial charge in [0.25, 0.3) is 5.69 Å². The molecule has 1 aliphatic carbocycles. The summed E-state index contributed by atoms with van der Waals surface area (Å²) >= 11 is 0. The van der Waals surface area contributed by atoms with Gasteiger partial charge < -0.3 is 10.4 Å². The van der Waals surface area contributed by atoms with E-state index in [0.717, 1.165) is 25.0 Å². The molecule has 0 saturated heterocycles. The third-order valence-corrected chi connectivity index (χ3v) is 3.30. The fraction of sp³-hybridized carbons (Fsp3) is 0.417. The topological polar surface area (TPSA) is 92.5 Å². The number of aromatic carboxylic acids is 1. The lowest BCUT2D eigenvalue weighted by molar-refractivity contribution is -0.384. The van der Waals surface area contributed by atoms with Gasteiger partial charge in [-0.25, -0.2) is 9.18 Å². The summed E-state index contributed by atoms with van der Waals surface area (Å²) in [6.45, 7) is 2.01. The summed E-state index contributed by atoms with van der Waals surface area (Å²) in [6.07, 6.45) is 1.83. The molecule has 7 heteroatoms. The average Bonchev–Trinajstić information content (AvgIpc) is 3.06. The molecule has 0 bridgehead atoms. The third-order valence-electron chi connectivity index (χ3n) is 3.30. The number of rotatable bonds is 5. The van der Waals surface area contributed by atoms with Crippen LogP contribution in [0.4, 0.5) is 15.8 Å². The van der Waals surface area contributed by atoms with Crippen LogP contribution in [-0.2, 0) is 0 Å². The highest BCUT2D eigenvalue weighted by atomic mass is 19.1. The van der Waals surface area contributed by atoms with Crippen molar-refractivity contribution in [1.82, 2.24) is 0 Å². The molecule has 0 aromatic heterocycles. The summed E-state index contributed by atoms with van der Waals surface area (Å²) in [7, 11) is 0. The fourth-order valence-electron chi connectivity index (χ4n) is 2.07. The van der Waals surface area contributed by atoms with Crippen LogP contribution in [0.2, 0.25) is 0 Å². The molecule has 2 unspecified atom stereocenters. The van der Waals surface area contributed by atoms with Crippen LogP contribution in [0.1, 0.15) is 30.1 Å². The number of hydrogen-bond donors (Lipinski definition) is 2. The van der Waals surface area contributed by atoms with Crippen molar-refractivity contribution in [1.29, 1.82) is 0 Å². The molecule has 6 nitrogen and oxygen atoms in total. The summed E-state index contributed by atoms with van der Waals surface area (Å²) < 4.78 is 13.6. The first kappa shape index (κ1) is 13.3. The molecule has 19 heavy (non-hydrogen) atoms. The van der Waals surface area contributed by atoms with Crippen LogP contribution >= 0.6 is 0 Å². The van der Waals surface area contributed by atoms with Gasteiger partial charge in [-0.15, -0.1) is 0 Å². The Balaban J connectivity index is 2.34. The van der Waals surface area contributed by atoms with E-state index in [0.29, 0.717) is 5.92 Å². The molecule has 2 atom stereocenters. The fourth-order valence-corrected chi connectivity index (χ4v) is 2.07. The lowest BCUT2D eigenvalue weighted by atomic mass is 10.1. The molecule has 0 radical (unpaired) electrons. The second-order valence-electron chi connectivity index (χ2n) is 4.57. The van der Waals surface area contributed by atoms with Gasteiger partial charge in [0, 0.05) is 18.2 Å². The van der Waals surface area contributed by atoms with Crippen molar-refractivity contribution >= 4 is 17.3 Å². The zero-order chi connectivity index (χ0) is 14.2. The van der Waals surface area contributed by atoms with Gasteiger partial charge in [0.1, 0.15) is 17.1 Å². The molecule has 1 aliphatic rings. The second kappa shape index (κ2) is 4.83. The van der Waals surface area contributed by atoms with Crippen molar-refractivity contribution in [2.24, 2.45) is 5.92 Å². The number of carbonyl (C=O) groups is 1. The third kappa shape index (κ3) is 2.64. The molecular weight excluding hydrogens is 255 g/mol. The molecule has 0 amide bonds. The zero-order valence-electron chi connectivity index (χ0n) is 10.2. The maximum Gasteiger partial charge on any atom is 0.338 e. The SMILES string of the molecule is CCC1CC1Nc1cc(F)c(C(=O)O)cc1[N+](=O)[O-]. The van der Waals surface area contributed by atoms with Crippen LogP contribution in [0.5, 0.6) is 0 Å². The Bertz CT molecular complexity index is 547. The predicted molar refractivity (Wildman–Crippen MR) is 65.8 cm³/mol. The Morgan fingerprint density at radius 2 is 2.32 bits per heavy atom. The highest BCUT2D eigenvalue weighted by Crippen LogP contribution is 2.38. The molecule has 102 valence electrons. The van der Waals surface area contributed by atoms with E-state index in [4.69, 9.17) is 5.11 Å². The number of halogens is 1. The maximum absolute atomic E-state index is 13.6. The summed E-state index contributed by atoms with van der Waals surface area (Å²) in [4.78, 5) is 21.0. The molecule has 1 saturated carbocycles. The van der Waals surface area contributed by atoms with Gasteiger partial charge >= 0.3 is 5.97 Å². The van der Waals surface area contributed by atoms with Gasteiger partial charge in [-0.2, -0.15) is 0 Å². The van der Waals surface area contributed by atoms with E-state index in [-0.39, 0.29) is 11.7 Å². The van der Waals surface area contributed by atoms with Crippen LogP contribution < -0.4 is 5.32 Å². The van der Waals surface area contributed by atoms with Crippen LogP contribution in [-0.4, -0.2) is 22.0 Å². The monoisotopic (exact) mass is 268 g/mol. The minimum absolute atomic E-state index is 0.0356. The quantitative estimate of drug-likeness (QED) is 0.632. The second-order valence-corrected chi connectivity index (χ2v) is 4.57. The standard InChI is InChI=1S/C12H13FN2O4/c1-2-6-3-9(6)14-10-5-8(13)7(12(16)17)4-11(10)15(18)19/h4-6,9,14H,2-3H2,1H3,(H,16,17). The number of benzene rings is 1. The lowest BCUT2D eigenvalue weighted by Gasteiger charge is -2.08. The number of carboxylic acid groups (broad SMARTS) is 1. The molecule has 2 rings (SSSR count). The summed E-state index contributed by atoms with van der Waals surface area (Å²) in [5, 5.41) is 22.6. The predicted octanol–water partition coefficient (Wildman–Crippen LogP) is 2.64. The number of nitro benzene ring substituents is 1. The number of nitrogens with zero attached hydrogens (tertiary/aromatic N) is 1. The number of carboxylic acids is 1. The van der Waals surface area contributed by atoms with Crippen molar-refractivity contribution in [3.8, 4) is 0 Å². The minimum atomic E-state index is -1.52. The van der Waals surface area contributed by atoms with Crippen LogP contribution in [0, 0.1) is 21.8 Å². The van der Waals surface area contributed by atoms with E-state index < -0.39 is 28.0 Å². The molecule has 1 fully saturated rings. The van der Waals surface area contributed by atoms with E-state index in [1.807, 2.05) is 6.92 Å². The Hall–Kier alpha value is -2.18. The minimum Gasteiger partial charge on any atom is -0.478 e. The van der Waals surface area contributed by atoms with Crippen molar-refractivity contribution in [2.45, 2.75) is 25.8 Å². The van der Waals surface area contributed by atoms with Crippen molar-refractivity contribution in [3.63, 3.8) is 0 Å². The summed E-state index contributed by atoms with van der Waals surface area (Å²) in [5.41, 5.74) is -1.07. The summed E-state index contributed by atoms with van der Waals surface area (Å²) in [6, 6.07) is 1.73. The van der Waals surface area contributed by atoms with Gasteiger partial charge in [0.05, 0.1) is 4.92 Å². The highest BCUT2D eigenvalue weighted by molar-refractivity contribution is 5.90. The van der Waals surface area contributed by atoms with Gasteiger partial charge in [0.15, 0.2) is 0 Å². The molecule has 2 N–H and O–H groups in total. The molecule has 1 aromatic carbocycles. The largest absolute Gasteiger partial charge is 0.478 e. The lowest BCUT2D eigenvalue weighted by Crippen LogP contribution is -2.09. The van der Waals surface area contributed by atoms with Crippen LogP contribution in [0.25, 0.3) is 0 Å². The summed E-state index contributed by atoms with van der Waals surface area (Å²) in [5.74, 6) is -2.07. The first-order valence-corrected chi connectivity index (χ1v) is 5.91. The van der Waals surface area contributed by atoms with Crippen molar-refractivity contribution in [3.05, 3.63) is 33.6 Å². The first-order chi connectivity index (χ1) is 8.93. The number of anilines is 1. The first-order valence-electron chi connectivity index (χ1n) is 5.91. The Morgan fingerprint density at radius 3 is 2.79 bits per heavy atom. The van der Waals surface area contributed by atoms with E-state index in [1.165, 1.54) is 0 Å². The normalized spacial score (nSPS) is 20.9. The van der Waals surface area contributed by atoms with Gasteiger partial charge in [-0.1, -0.05) is 13.3 Å². The number of nitro groups is 1. The smallest absolute Gasteiger partial charge is 0.338 e.